The molecule has 9 nitrogen and oxygen atoms in total. The third-order valence-electron chi connectivity index (χ3n) is 3.10. The Kier molecular flexibility index (Phi) is 4.36. The summed E-state index contributed by atoms with van der Waals surface area (Å²) in [7, 11) is 1.49. The average molecular weight is 366 g/mol. The van der Waals surface area contributed by atoms with E-state index in [0.717, 1.165) is 0 Å². The Morgan fingerprint density at radius 2 is 2.29 bits per heavy atom. The second-order valence-electron chi connectivity index (χ2n) is 4.72. The van der Waals surface area contributed by atoms with Crippen molar-refractivity contribution in [1.29, 1.82) is 0 Å². The highest BCUT2D eigenvalue weighted by atomic mass is 32.1. The summed E-state index contributed by atoms with van der Waals surface area (Å²) in [6, 6.07) is 4.78. The Labute approximate surface area is 144 Å². The highest BCUT2D eigenvalue weighted by Gasteiger charge is 2.31. The van der Waals surface area contributed by atoms with Gasteiger partial charge in [-0.1, -0.05) is 11.3 Å². The first-order valence-electron chi connectivity index (χ1n) is 6.52. The van der Waals surface area contributed by atoms with Crippen LogP contribution in [0.25, 0.3) is 10.2 Å². The summed E-state index contributed by atoms with van der Waals surface area (Å²) in [6.07, 6.45) is 0. The molecule has 0 bridgehead atoms. The Bertz CT molecular complexity index is 878. The van der Waals surface area contributed by atoms with Crippen molar-refractivity contribution >= 4 is 63.2 Å². The van der Waals surface area contributed by atoms with E-state index in [0.29, 0.717) is 20.9 Å². The van der Waals surface area contributed by atoms with Gasteiger partial charge < -0.3 is 13.8 Å². The molecule has 124 valence electrons. The number of cyclic esters (lactones) is 1. The molecule has 1 aliphatic rings. The molecule has 0 spiro atoms. The molecule has 0 unspecified atom stereocenters. The molecule has 0 saturated carbocycles. The minimum absolute atomic E-state index is 0.109. The molecule has 0 radical (unpaired) electrons. The molecule has 0 atom stereocenters. The number of fused-ring (bicyclic) bond motifs is 1. The highest BCUT2D eigenvalue weighted by Crippen LogP contribution is 2.27. The number of amides is 1. The predicted molar refractivity (Wildman–Crippen MR) is 88.8 cm³/mol. The van der Waals surface area contributed by atoms with Crippen molar-refractivity contribution in [3.05, 3.63) is 23.8 Å². The number of ether oxygens (including phenoxy) is 1. The van der Waals surface area contributed by atoms with Gasteiger partial charge in [-0.2, -0.15) is 5.10 Å². The van der Waals surface area contributed by atoms with Crippen LogP contribution in [0, 0.1) is 0 Å². The van der Waals surface area contributed by atoms with Gasteiger partial charge in [0.15, 0.2) is 6.73 Å². The molecule has 1 fully saturated rings. The normalized spacial score (nSPS) is 16.4. The first-order valence-corrected chi connectivity index (χ1v) is 7.70. The molecule has 0 aliphatic carbocycles. The van der Waals surface area contributed by atoms with Gasteiger partial charge in [0, 0.05) is 20.0 Å². The Morgan fingerprint density at radius 3 is 3.04 bits per heavy atom. The summed E-state index contributed by atoms with van der Waals surface area (Å²) in [4.78, 5) is 40.4. The van der Waals surface area contributed by atoms with Crippen LogP contribution in [0.2, 0.25) is 0 Å². The molecule has 1 N–H and O–H groups in total. The minimum atomic E-state index is -0.800. The molecule has 1 aromatic carbocycles. The van der Waals surface area contributed by atoms with E-state index in [9.17, 15) is 14.4 Å². The first-order chi connectivity index (χ1) is 11.5. The van der Waals surface area contributed by atoms with Crippen molar-refractivity contribution < 1.29 is 23.3 Å². The number of hydrazone groups is 1. The number of nitrogens with zero attached hydrogens (tertiary/aromatic N) is 3. The average Bonchev–Trinajstić information content (AvgIpc) is 2.99. The number of thiazole rings is 1. The predicted octanol–water partition coefficient (Wildman–Crippen LogP) is 1.04. The lowest BCUT2D eigenvalue weighted by Crippen LogP contribution is -2.46. The lowest BCUT2D eigenvalue weighted by atomic mass is 10.2. The monoisotopic (exact) mass is 366 g/mol. The molecule has 1 aliphatic heterocycles. The van der Waals surface area contributed by atoms with Crippen LogP contribution in [0.4, 0.5) is 5.13 Å². The summed E-state index contributed by atoms with van der Waals surface area (Å²) >= 11 is 4.66. The van der Waals surface area contributed by atoms with Crippen LogP contribution in [0.15, 0.2) is 23.3 Å². The number of carbonyl (C=O) groups is 3. The van der Waals surface area contributed by atoms with E-state index in [2.05, 4.69) is 32.6 Å². The molecular formula is C13H10N4O5S2. The summed E-state index contributed by atoms with van der Waals surface area (Å²) < 4.78 is 9.85. The van der Waals surface area contributed by atoms with E-state index in [1.54, 1.807) is 18.2 Å². The molecule has 24 heavy (non-hydrogen) atoms. The molecule has 2 heterocycles. The standard InChI is InChI=1S/C13H10N4O5S2/c1-17-5-21-12(20)9(10(17)18)15-16-13-14-7-3-2-6(11(19)22-23)4-8(7)24-13/h2-4,23H,5H2,1H3,(H,14,16). The number of esters is 1. The van der Waals surface area contributed by atoms with Gasteiger partial charge in [-0.05, 0) is 18.2 Å². The topological polar surface area (TPSA) is 110 Å². The van der Waals surface area contributed by atoms with Gasteiger partial charge in [-0.3, -0.25) is 10.2 Å². The molecule has 1 aromatic heterocycles. The zero-order valence-electron chi connectivity index (χ0n) is 12.2. The van der Waals surface area contributed by atoms with Gasteiger partial charge in [-0.25, -0.2) is 14.6 Å². The summed E-state index contributed by atoms with van der Waals surface area (Å²) in [6.45, 7) is -0.109. The summed E-state index contributed by atoms with van der Waals surface area (Å²) in [5, 5.41) is 4.13. The number of aromatic nitrogens is 1. The van der Waals surface area contributed by atoms with E-state index in [-0.39, 0.29) is 12.4 Å². The number of hydrogen-bond donors (Lipinski definition) is 2. The molecule has 2 aromatic rings. The number of carbonyl (C=O) groups excluding carboxylic acids is 3. The fraction of sp³-hybridized carbons (Fsp3) is 0.154. The molecule has 3 rings (SSSR count). The molecule has 11 heteroatoms. The van der Waals surface area contributed by atoms with Gasteiger partial charge in [0.2, 0.25) is 10.8 Å². The summed E-state index contributed by atoms with van der Waals surface area (Å²) in [5.41, 5.74) is 3.15. The zero-order valence-corrected chi connectivity index (χ0v) is 13.9. The fourth-order valence-corrected chi connectivity index (χ4v) is 2.85. The SMILES string of the molecule is CN1COC(=O)C(=NNc2nc3ccc(C(=O)OS)cc3s2)C1=O. The third-order valence-corrected chi connectivity index (χ3v) is 4.19. The maximum Gasteiger partial charge on any atom is 0.366 e. The number of rotatable bonds is 3. The minimum Gasteiger partial charge on any atom is -0.439 e. The maximum atomic E-state index is 11.9. The number of anilines is 1. The van der Waals surface area contributed by atoms with Crippen LogP contribution in [0.3, 0.4) is 0 Å². The van der Waals surface area contributed by atoms with Gasteiger partial charge in [0.05, 0.1) is 15.8 Å². The quantitative estimate of drug-likeness (QED) is 0.361. The smallest absolute Gasteiger partial charge is 0.366 e. The van der Waals surface area contributed by atoms with Crippen LogP contribution in [-0.4, -0.2) is 47.2 Å². The Balaban J connectivity index is 1.85. The lowest BCUT2D eigenvalue weighted by Gasteiger charge is -2.22. The molecular weight excluding hydrogens is 356 g/mol. The lowest BCUT2D eigenvalue weighted by molar-refractivity contribution is -0.149. The first kappa shape index (κ1) is 16.2. The van der Waals surface area contributed by atoms with E-state index >= 15 is 0 Å². The number of thiol groups is 1. The van der Waals surface area contributed by atoms with Crippen LogP contribution < -0.4 is 5.43 Å². The van der Waals surface area contributed by atoms with Crippen LogP contribution in [0.5, 0.6) is 0 Å². The van der Waals surface area contributed by atoms with Gasteiger partial charge in [0.1, 0.15) is 0 Å². The van der Waals surface area contributed by atoms with Crippen molar-refractivity contribution in [2.75, 3.05) is 19.2 Å². The fourth-order valence-electron chi connectivity index (χ4n) is 1.90. The van der Waals surface area contributed by atoms with Crippen molar-refractivity contribution in [2.24, 2.45) is 5.10 Å². The number of benzene rings is 1. The van der Waals surface area contributed by atoms with Crippen LogP contribution in [0.1, 0.15) is 10.4 Å². The largest absolute Gasteiger partial charge is 0.439 e. The van der Waals surface area contributed by atoms with Crippen LogP contribution in [-0.2, 0) is 18.5 Å². The van der Waals surface area contributed by atoms with E-state index in [1.165, 1.54) is 23.3 Å². The van der Waals surface area contributed by atoms with Crippen molar-refractivity contribution in [2.45, 2.75) is 0 Å². The van der Waals surface area contributed by atoms with Crippen LogP contribution >= 0.6 is 24.2 Å². The number of nitrogens with one attached hydrogen (secondary N) is 1. The van der Waals surface area contributed by atoms with Crippen molar-refractivity contribution in [1.82, 2.24) is 9.88 Å². The van der Waals surface area contributed by atoms with Crippen molar-refractivity contribution in [3.8, 4) is 0 Å². The van der Waals surface area contributed by atoms with Gasteiger partial charge >= 0.3 is 11.9 Å². The van der Waals surface area contributed by atoms with E-state index in [4.69, 9.17) is 4.74 Å². The zero-order chi connectivity index (χ0) is 17.3. The molecule has 1 saturated heterocycles. The van der Waals surface area contributed by atoms with E-state index in [1.807, 2.05) is 0 Å². The number of hydrogen-bond acceptors (Lipinski definition) is 10. The third kappa shape index (κ3) is 3.03. The second-order valence-corrected chi connectivity index (χ2v) is 5.93. The van der Waals surface area contributed by atoms with Gasteiger partial charge in [0.25, 0.3) is 5.91 Å². The van der Waals surface area contributed by atoms with Crippen molar-refractivity contribution in [3.63, 3.8) is 0 Å². The molecule has 1 amide bonds. The maximum absolute atomic E-state index is 11.9. The van der Waals surface area contributed by atoms with E-state index < -0.39 is 17.8 Å². The summed E-state index contributed by atoms with van der Waals surface area (Å²) in [5.74, 6) is -1.92. The second kappa shape index (κ2) is 6.45. The van der Waals surface area contributed by atoms with Gasteiger partial charge in [-0.15, -0.1) is 0 Å². The Hall–Kier alpha value is -2.66. The highest BCUT2D eigenvalue weighted by molar-refractivity contribution is 7.75. The Morgan fingerprint density at radius 1 is 1.50 bits per heavy atom.